The van der Waals surface area contributed by atoms with Crippen molar-refractivity contribution in [2.75, 3.05) is 6.54 Å². The van der Waals surface area contributed by atoms with Crippen LogP contribution in [0.15, 0.2) is 114 Å². The summed E-state index contributed by atoms with van der Waals surface area (Å²) in [5.41, 5.74) is 4.16. The number of thioether (sulfide) groups is 1. The Kier molecular flexibility index (Phi) is 8.53. The molecule has 0 bridgehead atoms. The number of benzene rings is 4. The fourth-order valence-corrected chi connectivity index (χ4v) is 5.36. The van der Waals surface area contributed by atoms with Crippen molar-refractivity contribution < 1.29 is 14.3 Å². The van der Waals surface area contributed by atoms with E-state index >= 15 is 0 Å². The zero-order chi connectivity index (χ0) is 26.2. The Labute approximate surface area is 232 Å². The lowest BCUT2D eigenvalue weighted by Crippen LogP contribution is -2.30. The molecular formula is C32H27NO3S2. The lowest BCUT2D eigenvalue weighted by atomic mass is 10.1. The van der Waals surface area contributed by atoms with Gasteiger partial charge in [0.05, 0.1) is 4.91 Å². The number of carbonyl (C=O) groups excluding carboxylic acids is 1. The third-order valence-electron chi connectivity index (χ3n) is 6.08. The summed E-state index contributed by atoms with van der Waals surface area (Å²) in [6.07, 6.45) is 2.63. The fourth-order valence-electron chi connectivity index (χ4n) is 4.05. The topological polar surface area (TPSA) is 38.8 Å². The van der Waals surface area contributed by atoms with Gasteiger partial charge in [0.2, 0.25) is 0 Å². The minimum atomic E-state index is -0.0629. The normalized spacial score (nSPS) is 14.2. The molecule has 1 amide bonds. The molecule has 1 aliphatic rings. The minimum Gasteiger partial charge on any atom is -0.485 e. The van der Waals surface area contributed by atoms with E-state index in [1.54, 1.807) is 4.90 Å². The molecule has 1 aliphatic heterocycles. The van der Waals surface area contributed by atoms with Gasteiger partial charge >= 0.3 is 0 Å². The minimum absolute atomic E-state index is 0.0629. The number of hydrogen-bond acceptors (Lipinski definition) is 5. The molecule has 1 saturated heterocycles. The molecule has 4 nitrogen and oxygen atoms in total. The van der Waals surface area contributed by atoms with Crippen LogP contribution >= 0.6 is 24.0 Å². The molecule has 5 rings (SSSR count). The third kappa shape index (κ3) is 6.71. The Morgan fingerprint density at radius 1 is 0.711 bits per heavy atom. The van der Waals surface area contributed by atoms with E-state index in [-0.39, 0.29) is 5.91 Å². The van der Waals surface area contributed by atoms with Gasteiger partial charge in [-0.3, -0.25) is 9.69 Å². The summed E-state index contributed by atoms with van der Waals surface area (Å²) >= 11 is 6.87. The quantitative estimate of drug-likeness (QED) is 0.157. The third-order valence-corrected chi connectivity index (χ3v) is 7.46. The summed E-state index contributed by atoms with van der Waals surface area (Å²) in [6.45, 7) is 1.40. The molecule has 4 aromatic carbocycles. The van der Waals surface area contributed by atoms with Crippen molar-refractivity contribution in [3.63, 3.8) is 0 Å². The highest BCUT2D eigenvalue weighted by molar-refractivity contribution is 8.26. The summed E-state index contributed by atoms with van der Waals surface area (Å²) in [6, 6.07) is 35.9. The molecule has 1 heterocycles. The molecule has 0 atom stereocenters. The zero-order valence-corrected chi connectivity index (χ0v) is 22.4. The van der Waals surface area contributed by atoms with Crippen molar-refractivity contribution >= 4 is 40.3 Å². The maximum absolute atomic E-state index is 13.2. The molecular weight excluding hydrogens is 510 g/mol. The molecule has 0 aliphatic carbocycles. The Morgan fingerprint density at radius 3 is 1.87 bits per heavy atom. The van der Waals surface area contributed by atoms with E-state index in [0.29, 0.717) is 40.5 Å². The summed E-state index contributed by atoms with van der Waals surface area (Å²) < 4.78 is 12.9. The van der Waals surface area contributed by atoms with E-state index in [2.05, 4.69) is 12.1 Å². The first-order valence-corrected chi connectivity index (χ1v) is 13.6. The molecule has 0 spiro atoms. The second-order valence-electron chi connectivity index (χ2n) is 8.82. The van der Waals surface area contributed by atoms with Crippen molar-refractivity contribution in [2.24, 2.45) is 0 Å². The lowest BCUT2D eigenvalue weighted by molar-refractivity contribution is -0.122. The van der Waals surface area contributed by atoms with Crippen LogP contribution in [0.1, 0.15) is 22.3 Å². The van der Waals surface area contributed by atoms with Crippen molar-refractivity contribution in [3.8, 4) is 11.5 Å². The fraction of sp³-hybridized carbons (Fsp3) is 0.125. The first-order valence-electron chi connectivity index (χ1n) is 12.4. The predicted octanol–water partition coefficient (Wildman–Crippen LogP) is 7.29. The van der Waals surface area contributed by atoms with Gasteiger partial charge in [-0.15, -0.1) is 0 Å². The molecule has 0 aromatic heterocycles. The standard InChI is InChI=1S/C32H27NO3S2/c34-31-30(38-32(37)33(31)19-18-24-10-4-1-5-11-24)21-27-16-17-28(35-22-25-12-6-2-7-13-25)29(20-27)36-23-26-14-8-3-9-15-26/h1-17,20-21H,18-19,22-23H2/b30-21+. The maximum Gasteiger partial charge on any atom is 0.266 e. The lowest BCUT2D eigenvalue weighted by Gasteiger charge is -2.14. The number of hydrogen-bond donors (Lipinski definition) is 0. The van der Waals surface area contributed by atoms with Gasteiger partial charge in [-0.2, -0.15) is 0 Å². The molecule has 0 unspecified atom stereocenters. The SMILES string of the molecule is O=C1/C(=C\c2ccc(OCc3ccccc3)c(OCc3ccccc3)c2)SC(=S)N1CCc1ccccc1. The van der Waals surface area contributed by atoms with Gasteiger partial charge in [0.1, 0.15) is 17.5 Å². The molecule has 190 valence electrons. The summed E-state index contributed by atoms with van der Waals surface area (Å²) in [5.74, 6) is 1.21. The Bertz CT molecular complexity index is 1420. The highest BCUT2D eigenvalue weighted by atomic mass is 32.2. The first-order chi connectivity index (χ1) is 18.7. The average molecular weight is 538 g/mol. The van der Waals surface area contributed by atoms with Crippen molar-refractivity contribution in [1.29, 1.82) is 0 Å². The van der Waals surface area contributed by atoms with Crippen LogP contribution in [-0.4, -0.2) is 21.7 Å². The number of carbonyl (C=O) groups is 1. The van der Waals surface area contributed by atoms with Gasteiger partial charge in [0.25, 0.3) is 5.91 Å². The number of thiocarbonyl (C=S) groups is 1. The smallest absolute Gasteiger partial charge is 0.266 e. The van der Waals surface area contributed by atoms with Crippen LogP contribution in [0.2, 0.25) is 0 Å². The number of amides is 1. The molecule has 0 saturated carbocycles. The van der Waals surface area contributed by atoms with E-state index in [1.807, 2.05) is 103 Å². The van der Waals surface area contributed by atoms with E-state index < -0.39 is 0 Å². The van der Waals surface area contributed by atoms with Crippen LogP contribution in [0, 0.1) is 0 Å². The molecule has 4 aromatic rings. The summed E-state index contributed by atoms with van der Waals surface area (Å²) in [5, 5.41) is 0. The van der Waals surface area contributed by atoms with E-state index in [9.17, 15) is 4.79 Å². The monoisotopic (exact) mass is 537 g/mol. The van der Waals surface area contributed by atoms with Crippen LogP contribution in [0.5, 0.6) is 11.5 Å². The van der Waals surface area contributed by atoms with Crippen LogP contribution in [-0.2, 0) is 24.4 Å². The first kappa shape index (κ1) is 25.8. The van der Waals surface area contributed by atoms with E-state index in [4.69, 9.17) is 21.7 Å². The second-order valence-corrected chi connectivity index (χ2v) is 10.5. The number of nitrogens with zero attached hydrogens (tertiary/aromatic N) is 1. The van der Waals surface area contributed by atoms with Crippen molar-refractivity contribution in [2.45, 2.75) is 19.6 Å². The van der Waals surface area contributed by atoms with Gasteiger partial charge in [-0.25, -0.2) is 0 Å². The zero-order valence-electron chi connectivity index (χ0n) is 20.8. The highest BCUT2D eigenvalue weighted by Gasteiger charge is 2.31. The van der Waals surface area contributed by atoms with Crippen molar-refractivity contribution in [3.05, 3.63) is 136 Å². The summed E-state index contributed by atoms with van der Waals surface area (Å²) in [7, 11) is 0. The number of ether oxygens (including phenoxy) is 2. The van der Waals surface area contributed by atoms with E-state index in [1.165, 1.54) is 17.3 Å². The molecule has 38 heavy (non-hydrogen) atoms. The summed E-state index contributed by atoms with van der Waals surface area (Å²) in [4.78, 5) is 15.4. The Morgan fingerprint density at radius 2 is 1.26 bits per heavy atom. The predicted molar refractivity (Wildman–Crippen MR) is 158 cm³/mol. The van der Waals surface area contributed by atoms with E-state index in [0.717, 1.165) is 23.1 Å². The largest absolute Gasteiger partial charge is 0.485 e. The Hall–Kier alpha value is -3.87. The second kappa shape index (κ2) is 12.6. The highest BCUT2D eigenvalue weighted by Crippen LogP contribution is 2.35. The number of rotatable bonds is 10. The molecule has 6 heteroatoms. The van der Waals surface area contributed by atoms with Gasteiger partial charge in [-0.1, -0.05) is 121 Å². The van der Waals surface area contributed by atoms with Gasteiger partial charge in [-0.05, 0) is 46.9 Å². The average Bonchev–Trinajstić information content (AvgIpc) is 3.23. The van der Waals surface area contributed by atoms with Gasteiger partial charge in [0.15, 0.2) is 11.5 Å². The van der Waals surface area contributed by atoms with Crippen LogP contribution in [0.3, 0.4) is 0 Å². The molecule has 0 radical (unpaired) electrons. The Balaban J connectivity index is 1.33. The molecule has 0 N–H and O–H groups in total. The maximum atomic E-state index is 13.2. The van der Waals surface area contributed by atoms with Crippen LogP contribution in [0.25, 0.3) is 6.08 Å². The van der Waals surface area contributed by atoms with Gasteiger partial charge < -0.3 is 9.47 Å². The van der Waals surface area contributed by atoms with Gasteiger partial charge in [0, 0.05) is 6.54 Å². The molecule has 1 fully saturated rings. The van der Waals surface area contributed by atoms with Crippen molar-refractivity contribution in [1.82, 2.24) is 4.90 Å². The van der Waals surface area contributed by atoms with Crippen LogP contribution in [0.4, 0.5) is 0 Å². The van der Waals surface area contributed by atoms with Crippen LogP contribution < -0.4 is 9.47 Å².